The van der Waals surface area contributed by atoms with Crippen molar-refractivity contribution in [3.05, 3.63) is 34.9 Å². The molecule has 1 heteroatoms. The topological polar surface area (TPSA) is 12.0 Å². The van der Waals surface area contributed by atoms with Crippen molar-refractivity contribution in [2.75, 3.05) is 6.54 Å². The van der Waals surface area contributed by atoms with Crippen LogP contribution in [0.15, 0.2) is 18.2 Å². The molecule has 0 heterocycles. The Bertz CT molecular complexity index is 383. The van der Waals surface area contributed by atoms with E-state index in [9.17, 15) is 0 Å². The third kappa shape index (κ3) is 1.58. The van der Waals surface area contributed by atoms with Gasteiger partial charge in [-0.1, -0.05) is 25.1 Å². The summed E-state index contributed by atoms with van der Waals surface area (Å²) < 4.78 is 0. The van der Waals surface area contributed by atoms with Crippen LogP contribution in [-0.4, -0.2) is 6.54 Å². The van der Waals surface area contributed by atoms with Gasteiger partial charge in [-0.25, -0.2) is 0 Å². The fourth-order valence-corrected chi connectivity index (χ4v) is 3.49. The number of hydrogen-bond acceptors (Lipinski definition) is 1. The van der Waals surface area contributed by atoms with Crippen molar-refractivity contribution in [2.24, 2.45) is 0 Å². The molecular weight excluding hydrogens is 194 g/mol. The van der Waals surface area contributed by atoms with Gasteiger partial charge < -0.3 is 5.32 Å². The van der Waals surface area contributed by atoms with E-state index in [1.165, 1.54) is 32.1 Å². The summed E-state index contributed by atoms with van der Waals surface area (Å²) in [6.45, 7) is 3.40. The van der Waals surface area contributed by atoms with Crippen LogP contribution in [-0.2, 0) is 6.42 Å². The average Bonchev–Trinajstić information content (AvgIpc) is 2.68. The van der Waals surface area contributed by atoms with Gasteiger partial charge in [-0.15, -0.1) is 0 Å². The molecule has 0 saturated heterocycles. The summed E-state index contributed by atoms with van der Waals surface area (Å²) in [4.78, 5) is 0. The molecule has 0 bridgehead atoms. The zero-order valence-electron chi connectivity index (χ0n) is 10.1. The molecule has 1 nitrogen and oxygen atoms in total. The quantitative estimate of drug-likeness (QED) is 0.813. The molecule has 16 heavy (non-hydrogen) atoms. The van der Waals surface area contributed by atoms with Gasteiger partial charge in [0.25, 0.3) is 0 Å². The number of aryl methyl sites for hydroxylation is 1. The Morgan fingerprint density at radius 2 is 2.31 bits per heavy atom. The van der Waals surface area contributed by atoms with Gasteiger partial charge in [0.1, 0.15) is 0 Å². The summed E-state index contributed by atoms with van der Waals surface area (Å²) in [7, 11) is 0. The van der Waals surface area contributed by atoms with E-state index in [1.807, 2.05) is 0 Å². The first-order chi connectivity index (χ1) is 7.90. The number of benzene rings is 1. The Balaban J connectivity index is 1.93. The molecule has 1 aromatic rings. The molecule has 2 aliphatic carbocycles. The fourth-order valence-electron chi connectivity index (χ4n) is 3.49. The normalized spacial score (nSPS) is 26.8. The van der Waals surface area contributed by atoms with Crippen LogP contribution in [0.2, 0.25) is 0 Å². The lowest BCUT2D eigenvalue weighted by molar-refractivity contribution is 0.466. The van der Waals surface area contributed by atoms with Gasteiger partial charge >= 0.3 is 0 Å². The maximum atomic E-state index is 3.71. The van der Waals surface area contributed by atoms with Gasteiger partial charge in [0, 0.05) is 6.04 Å². The van der Waals surface area contributed by atoms with E-state index in [4.69, 9.17) is 0 Å². The highest BCUT2D eigenvalue weighted by Gasteiger charge is 2.33. The van der Waals surface area contributed by atoms with E-state index < -0.39 is 0 Å². The highest BCUT2D eigenvalue weighted by molar-refractivity contribution is 5.45. The summed E-state index contributed by atoms with van der Waals surface area (Å²) >= 11 is 0. The number of rotatable bonds is 3. The third-order valence-corrected chi connectivity index (χ3v) is 4.17. The van der Waals surface area contributed by atoms with E-state index in [0.717, 1.165) is 12.5 Å². The third-order valence-electron chi connectivity index (χ3n) is 4.17. The summed E-state index contributed by atoms with van der Waals surface area (Å²) in [5.41, 5.74) is 4.95. The van der Waals surface area contributed by atoms with Gasteiger partial charge in [-0.05, 0) is 61.3 Å². The van der Waals surface area contributed by atoms with Gasteiger partial charge in [-0.3, -0.25) is 0 Å². The van der Waals surface area contributed by atoms with Crippen molar-refractivity contribution in [1.82, 2.24) is 5.32 Å². The van der Waals surface area contributed by atoms with Crippen molar-refractivity contribution in [3.63, 3.8) is 0 Å². The molecule has 0 fully saturated rings. The van der Waals surface area contributed by atoms with Crippen molar-refractivity contribution >= 4 is 0 Å². The molecule has 86 valence electrons. The van der Waals surface area contributed by atoms with Gasteiger partial charge in [0.2, 0.25) is 0 Å². The predicted octanol–water partition coefficient (Wildman–Crippen LogP) is 3.55. The van der Waals surface area contributed by atoms with E-state index in [-0.39, 0.29) is 0 Å². The molecule has 0 aliphatic heterocycles. The standard InChI is InChI=1S/C15H21N/c1-2-9-16-14-10-12-7-3-5-11-6-4-8-13(14)15(11)12/h4,6,8,12,14,16H,2-3,5,7,9-10H2,1H3. The van der Waals surface area contributed by atoms with E-state index >= 15 is 0 Å². The van der Waals surface area contributed by atoms with Crippen molar-refractivity contribution in [1.29, 1.82) is 0 Å². The highest BCUT2D eigenvalue weighted by atomic mass is 14.9. The zero-order valence-corrected chi connectivity index (χ0v) is 10.1. The van der Waals surface area contributed by atoms with Crippen molar-refractivity contribution in [2.45, 2.75) is 51.0 Å². The Morgan fingerprint density at radius 1 is 1.38 bits per heavy atom. The minimum atomic E-state index is 0.637. The first-order valence-electron chi connectivity index (χ1n) is 6.75. The monoisotopic (exact) mass is 215 g/mol. The van der Waals surface area contributed by atoms with Crippen molar-refractivity contribution < 1.29 is 0 Å². The summed E-state index contributed by atoms with van der Waals surface area (Å²) in [6, 6.07) is 7.57. The predicted molar refractivity (Wildman–Crippen MR) is 67.8 cm³/mol. The second-order valence-electron chi connectivity index (χ2n) is 5.25. The first-order valence-corrected chi connectivity index (χ1v) is 6.75. The van der Waals surface area contributed by atoms with Crippen LogP contribution in [0.5, 0.6) is 0 Å². The second-order valence-corrected chi connectivity index (χ2v) is 5.25. The van der Waals surface area contributed by atoms with Crippen LogP contribution in [0, 0.1) is 0 Å². The summed E-state index contributed by atoms with van der Waals surface area (Å²) in [5.74, 6) is 0.856. The van der Waals surface area contributed by atoms with E-state index in [1.54, 1.807) is 16.7 Å². The smallest absolute Gasteiger partial charge is 0.0329 e. The first kappa shape index (κ1) is 10.3. The van der Waals surface area contributed by atoms with Gasteiger partial charge in [0.05, 0.1) is 0 Å². The Labute approximate surface area is 98.3 Å². The van der Waals surface area contributed by atoms with Crippen LogP contribution in [0.1, 0.15) is 61.3 Å². The molecule has 1 N–H and O–H groups in total. The van der Waals surface area contributed by atoms with Gasteiger partial charge in [-0.2, -0.15) is 0 Å². The average molecular weight is 215 g/mol. The highest BCUT2D eigenvalue weighted by Crippen LogP contribution is 2.47. The van der Waals surface area contributed by atoms with Crippen LogP contribution >= 0.6 is 0 Å². The minimum Gasteiger partial charge on any atom is -0.310 e. The molecule has 0 radical (unpaired) electrons. The molecule has 3 rings (SSSR count). The number of hydrogen-bond donors (Lipinski definition) is 1. The van der Waals surface area contributed by atoms with Crippen LogP contribution < -0.4 is 5.32 Å². The van der Waals surface area contributed by atoms with Crippen LogP contribution in [0.25, 0.3) is 0 Å². The maximum absolute atomic E-state index is 3.71. The molecule has 2 unspecified atom stereocenters. The van der Waals surface area contributed by atoms with E-state index in [2.05, 4.69) is 30.4 Å². The fraction of sp³-hybridized carbons (Fsp3) is 0.600. The molecule has 0 amide bonds. The Hall–Kier alpha value is -0.820. The lowest BCUT2D eigenvalue weighted by Crippen LogP contribution is -2.19. The van der Waals surface area contributed by atoms with E-state index in [0.29, 0.717) is 6.04 Å². The molecule has 0 spiro atoms. The zero-order chi connectivity index (χ0) is 11.0. The molecule has 0 aromatic heterocycles. The molecular formula is C15H21N. The van der Waals surface area contributed by atoms with Crippen LogP contribution in [0.4, 0.5) is 0 Å². The van der Waals surface area contributed by atoms with Gasteiger partial charge in [0.15, 0.2) is 0 Å². The number of nitrogens with one attached hydrogen (secondary N) is 1. The lowest BCUT2D eigenvalue weighted by atomic mass is 9.84. The lowest BCUT2D eigenvalue weighted by Gasteiger charge is -2.20. The largest absolute Gasteiger partial charge is 0.310 e. The molecule has 2 atom stereocenters. The molecule has 0 saturated carbocycles. The maximum Gasteiger partial charge on any atom is 0.0329 e. The summed E-state index contributed by atoms with van der Waals surface area (Å²) in [6.07, 6.45) is 6.68. The Kier molecular flexibility index (Phi) is 2.72. The molecule has 2 aliphatic rings. The minimum absolute atomic E-state index is 0.637. The second kappa shape index (κ2) is 4.21. The van der Waals surface area contributed by atoms with Crippen molar-refractivity contribution in [3.8, 4) is 0 Å². The Morgan fingerprint density at radius 3 is 3.19 bits per heavy atom. The molecule has 1 aromatic carbocycles. The summed E-state index contributed by atoms with van der Waals surface area (Å²) in [5, 5.41) is 3.71. The van der Waals surface area contributed by atoms with Crippen LogP contribution in [0.3, 0.4) is 0 Å². The SMILES string of the molecule is CCCNC1CC2CCCc3cccc1c32.